The maximum Gasteiger partial charge on any atom is 0.258 e. The van der Waals surface area contributed by atoms with E-state index >= 15 is 0 Å². The second kappa shape index (κ2) is 5.23. The molecule has 2 heterocycles. The third kappa shape index (κ3) is 2.61. The lowest BCUT2D eigenvalue weighted by atomic mass is 9.98. The third-order valence-corrected chi connectivity index (χ3v) is 3.05. The zero-order chi connectivity index (χ0) is 12.3. The van der Waals surface area contributed by atoms with Crippen LogP contribution in [0.3, 0.4) is 0 Å². The first-order valence-electron chi connectivity index (χ1n) is 5.73. The van der Waals surface area contributed by atoms with Crippen molar-refractivity contribution >= 4 is 5.91 Å². The number of hydrogen-bond donors (Lipinski definition) is 1. The van der Waals surface area contributed by atoms with Crippen LogP contribution in [-0.2, 0) is 0 Å². The van der Waals surface area contributed by atoms with Gasteiger partial charge in [-0.3, -0.25) is 4.79 Å². The highest BCUT2D eigenvalue weighted by Gasteiger charge is 2.25. The summed E-state index contributed by atoms with van der Waals surface area (Å²) in [6, 6.07) is 2.98. The number of piperidine rings is 1. The standard InChI is InChI=1S/C12H15FN2O2/c13-11-10(4-1-5-14-11)12(17)15-6-2-3-9(7-15)8-16/h1,4-5,9,16H,2-3,6-8H2/t9-/m1/s1. The van der Waals surface area contributed by atoms with Crippen molar-refractivity contribution < 1.29 is 14.3 Å². The number of aliphatic hydroxyl groups is 1. The van der Waals surface area contributed by atoms with Gasteiger partial charge in [-0.05, 0) is 30.9 Å². The molecule has 1 amide bonds. The van der Waals surface area contributed by atoms with Gasteiger partial charge in [0.25, 0.3) is 5.91 Å². The summed E-state index contributed by atoms with van der Waals surface area (Å²) >= 11 is 0. The summed E-state index contributed by atoms with van der Waals surface area (Å²) in [5.41, 5.74) is 0.00564. The zero-order valence-corrected chi connectivity index (χ0v) is 9.47. The molecule has 5 heteroatoms. The van der Waals surface area contributed by atoms with E-state index in [9.17, 15) is 9.18 Å². The molecule has 92 valence electrons. The smallest absolute Gasteiger partial charge is 0.258 e. The minimum absolute atomic E-state index is 0.00564. The first kappa shape index (κ1) is 12.0. The Balaban J connectivity index is 2.12. The molecule has 0 aromatic carbocycles. The Morgan fingerprint density at radius 3 is 3.18 bits per heavy atom. The molecule has 17 heavy (non-hydrogen) atoms. The van der Waals surface area contributed by atoms with Gasteiger partial charge < -0.3 is 10.0 Å². The summed E-state index contributed by atoms with van der Waals surface area (Å²) in [4.78, 5) is 17.1. The van der Waals surface area contributed by atoms with Gasteiger partial charge in [-0.1, -0.05) is 0 Å². The number of carbonyl (C=O) groups excluding carboxylic acids is 1. The van der Waals surface area contributed by atoms with Crippen LogP contribution in [0.1, 0.15) is 23.2 Å². The molecule has 0 bridgehead atoms. The monoisotopic (exact) mass is 238 g/mol. The molecule has 1 atom stereocenters. The van der Waals surface area contributed by atoms with Gasteiger partial charge in [-0.15, -0.1) is 0 Å². The molecule has 0 spiro atoms. The van der Waals surface area contributed by atoms with Crippen molar-refractivity contribution in [3.8, 4) is 0 Å². The molecule has 4 nitrogen and oxygen atoms in total. The van der Waals surface area contributed by atoms with Gasteiger partial charge in [0, 0.05) is 25.9 Å². The second-order valence-electron chi connectivity index (χ2n) is 4.28. The number of hydrogen-bond acceptors (Lipinski definition) is 3. The number of carbonyl (C=O) groups is 1. The van der Waals surface area contributed by atoms with Crippen LogP contribution in [0.25, 0.3) is 0 Å². The van der Waals surface area contributed by atoms with E-state index in [0.717, 1.165) is 12.8 Å². The van der Waals surface area contributed by atoms with E-state index in [1.165, 1.54) is 12.3 Å². The Labute approximate surface area is 99.1 Å². The SMILES string of the molecule is O=C(c1cccnc1F)N1CCC[C@@H](CO)C1. The summed E-state index contributed by atoms with van der Waals surface area (Å²) in [7, 11) is 0. The van der Waals surface area contributed by atoms with Crippen LogP contribution in [0, 0.1) is 11.9 Å². The fourth-order valence-corrected chi connectivity index (χ4v) is 2.11. The fraction of sp³-hybridized carbons (Fsp3) is 0.500. The molecule has 2 rings (SSSR count). The number of aliphatic hydroxyl groups excluding tert-OH is 1. The van der Waals surface area contributed by atoms with Gasteiger partial charge in [0.15, 0.2) is 0 Å². The molecule has 1 N–H and O–H groups in total. The van der Waals surface area contributed by atoms with Gasteiger partial charge in [0.1, 0.15) is 0 Å². The highest BCUT2D eigenvalue weighted by atomic mass is 19.1. The van der Waals surface area contributed by atoms with E-state index < -0.39 is 5.95 Å². The van der Waals surface area contributed by atoms with Crippen LogP contribution in [0.4, 0.5) is 4.39 Å². The van der Waals surface area contributed by atoms with E-state index in [0.29, 0.717) is 13.1 Å². The Hall–Kier alpha value is -1.49. The summed E-state index contributed by atoms with van der Waals surface area (Å²) in [6.07, 6.45) is 3.08. The highest BCUT2D eigenvalue weighted by Crippen LogP contribution is 2.18. The van der Waals surface area contributed by atoms with Gasteiger partial charge in [0.2, 0.25) is 5.95 Å². The van der Waals surface area contributed by atoms with Gasteiger partial charge >= 0.3 is 0 Å². The van der Waals surface area contributed by atoms with E-state index in [1.54, 1.807) is 11.0 Å². The molecule has 0 radical (unpaired) electrons. The lowest BCUT2D eigenvalue weighted by Crippen LogP contribution is -2.41. The molecule has 0 saturated carbocycles. The molecule has 0 aliphatic carbocycles. The molecular weight excluding hydrogens is 223 g/mol. The minimum atomic E-state index is -0.733. The quantitative estimate of drug-likeness (QED) is 0.784. The molecule has 1 fully saturated rings. The fourth-order valence-electron chi connectivity index (χ4n) is 2.11. The largest absolute Gasteiger partial charge is 0.396 e. The number of likely N-dealkylation sites (tertiary alicyclic amines) is 1. The predicted octanol–water partition coefficient (Wildman–Crippen LogP) is 1.07. The Bertz CT molecular complexity index is 411. The summed E-state index contributed by atoms with van der Waals surface area (Å²) in [5.74, 6) is -0.968. The lowest BCUT2D eigenvalue weighted by molar-refractivity contribution is 0.0615. The number of amides is 1. The van der Waals surface area contributed by atoms with Gasteiger partial charge in [-0.25, -0.2) is 4.98 Å². The highest BCUT2D eigenvalue weighted by molar-refractivity contribution is 5.94. The lowest BCUT2D eigenvalue weighted by Gasteiger charge is -2.31. The van der Waals surface area contributed by atoms with E-state index in [4.69, 9.17) is 5.11 Å². The van der Waals surface area contributed by atoms with Crippen molar-refractivity contribution in [3.63, 3.8) is 0 Å². The molecular formula is C12H15FN2O2. The average molecular weight is 238 g/mol. The third-order valence-electron chi connectivity index (χ3n) is 3.05. The average Bonchev–Trinajstić information content (AvgIpc) is 2.38. The van der Waals surface area contributed by atoms with Crippen molar-refractivity contribution in [1.29, 1.82) is 0 Å². The number of aromatic nitrogens is 1. The normalized spacial score (nSPS) is 20.4. The summed E-state index contributed by atoms with van der Waals surface area (Å²) in [6.45, 7) is 1.17. The predicted molar refractivity (Wildman–Crippen MR) is 59.9 cm³/mol. The minimum Gasteiger partial charge on any atom is -0.396 e. The molecule has 1 aliphatic heterocycles. The van der Waals surface area contributed by atoms with Crippen molar-refractivity contribution in [2.75, 3.05) is 19.7 Å². The second-order valence-corrected chi connectivity index (χ2v) is 4.28. The molecule has 1 saturated heterocycles. The van der Waals surface area contributed by atoms with Gasteiger partial charge in [0.05, 0.1) is 5.56 Å². The molecule has 1 aromatic heterocycles. The van der Waals surface area contributed by atoms with Crippen LogP contribution >= 0.6 is 0 Å². The maximum absolute atomic E-state index is 13.4. The molecule has 1 aliphatic rings. The van der Waals surface area contributed by atoms with E-state index in [2.05, 4.69) is 4.98 Å². The first-order chi connectivity index (χ1) is 8.22. The zero-order valence-electron chi connectivity index (χ0n) is 9.47. The number of rotatable bonds is 2. The van der Waals surface area contributed by atoms with Crippen molar-refractivity contribution in [2.45, 2.75) is 12.8 Å². The topological polar surface area (TPSA) is 53.4 Å². The Morgan fingerprint density at radius 2 is 2.47 bits per heavy atom. The molecule has 1 aromatic rings. The van der Waals surface area contributed by atoms with Crippen LogP contribution in [0.2, 0.25) is 0 Å². The van der Waals surface area contributed by atoms with Crippen molar-refractivity contribution in [3.05, 3.63) is 29.8 Å². The van der Waals surface area contributed by atoms with E-state index in [1.807, 2.05) is 0 Å². The van der Waals surface area contributed by atoms with Crippen LogP contribution in [-0.4, -0.2) is 40.6 Å². The van der Waals surface area contributed by atoms with E-state index in [-0.39, 0.29) is 24.0 Å². The number of halogens is 1. The number of pyridine rings is 1. The van der Waals surface area contributed by atoms with Crippen molar-refractivity contribution in [1.82, 2.24) is 9.88 Å². The van der Waals surface area contributed by atoms with Crippen LogP contribution < -0.4 is 0 Å². The summed E-state index contributed by atoms with van der Waals surface area (Å²) in [5, 5.41) is 9.09. The maximum atomic E-state index is 13.4. The van der Waals surface area contributed by atoms with Crippen LogP contribution in [0.15, 0.2) is 18.3 Å². The molecule has 0 unspecified atom stereocenters. The van der Waals surface area contributed by atoms with Crippen LogP contribution in [0.5, 0.6) is 0 Å². The first-order valence-corrected chi connectivity index (χ1v) is 5.73. The Morgan fingerprint density at radius 1 is 1.65 bits per heavy atom. The Kier molecular flexibility index (Phi) is 3.68. The summed E-state index contributed by atoms with van der Waals surface area (Å²) < 4.78 is 13.4. The van der Waals surface area contributed by atoms with Gasteiger partial charge in [-0.2, -0.15) is 4.39 Å². The number of nitrogens with zero attached hydrogens (tertiary/aromatic N) is 2. The van der Waals surface area contributed by atoms with Crippen molar-refractivity contribution in [2.24, 2.45) is 5.92 Å².